The summed E-state index contributed by atoms with van der Waals surface area (Å²) in [6, 6.07) is 11.1. The Hall–Kier alpha value is -3.00. The quantitative estimate of drug-likeness (QED) is 0.372. The lowest BCUT2D eigenvalue weighted by molar-refractivity contribution is 0.0624. The van der Waals surface area contributed by atoms with Crippen molar-refractivity contribution in [3.63, 3.8) is 0 Å². The van der Waals surface area contributed by atoms with Crippen LogP contribution in [0.3, 0.4) is 0 Å². The van der Waals surface area contributed by atoms with Crippen LogP contribution in [0.4, 0.5) is 0 Å². The topological polar surface area (TPSA) is 85.9 Å². The Morgan fingerprint density at radius 1 is 1.13 bits per heavy atom. The summed E-state index contributed by atoms with van der Waals surface area (Å²) >= 11 is 12.5. The third-order valence-corrected chi connectivity index (χ3v) is 7.92. The summed E-state index contributed by atoms with van der Waals surface area (Å²) in [5.41, 5.74) is 2.84. The molecule has 2 N–H and O–H groups in total. The number of H-pyrrole nitrogens is 1. The van der Waals surface area contributed by atoms with Crippen LogP contribution in [0.5, 0.6) is 11.5 Å². The second kappa shape index (κ2) is 12.2. The van der Waals surface area contributed by atoms with Crippen molar-refractivity contribution >= 4 is 29.1 Å². The van der Waals surface area contributed by atoms with E-state index < -0.39 is 11.5 Å². The molecule has 2 aromatic carbocycles. The number of pyridine rings is 1. The molecule has 1 aliphatic heterocycles. The van der Waals surface area contributed by atoms with E-state index in [9.17, 15) is 14.7 Å². The molecule has 0 aliphatic carbocycles. The van der Waals surface area contributed by atoms with Crippen LogP contribution in [0.2, 0.25) is 10.0 Å². The van der Waals surface area contributed by atoms with Crippen molar-refractivity contribution in [1.29, 1.82) is 0 Å². The van der Waals surface area contributed by atoms with Gasteiger partial charge in [0.25, 0.3) is 11.5 Å². The number of methoxy groups -OCH3 is 1. The van der Waals surface area contributed by atoms with Crippen LogP contribution in [-0.4, -0.2) is 59.1 Å². The number of nitrogens with one attached hydrogen (secondary N) is 1. The first-order chi connectivity index (χ1) is 18.2. The van der Waals surface area contributed by atoms with Crippen LogP contribution < -0.4 is 10.3 Å². The number of hydrogen-bond donors (Lipinski definition) is 2. The number of aromatic amines is 1. The monoisotopic (exact) mass is 557 g/mol. The predicted molar refractivity (Wildman–Crippen MR) is 152 cm³/mol. The molecular weight excluding hydrogens is 525 g/mol. The molecule has 9 heteroatoms. The number of carbonyl (C=O) groups is 1. The summed E-state index contributed by atoms with van der Waals surface area (Å²) in [5.74, 6) is -0.135. The third kappa shape index (κ3) is 5.85. The number of aryl methyl sites for hydroxylation is 2. The van der Waals surface area contributed by atoms with Gasteiger partial charge in [0.1, 0.15) is 17.1 Å². The molecule has 1 aliphatic rings. The number of piperazine rings is 1. The van der Waals surface area contributed by atoms with Gasteiger partial charge in [0.15, 0.2) is 0 Å². The van der Waals surface area contributed by atoms with E-state index in [1.54, 1.807) is 18.1 Å². The zero-order valence-electron chi connectivity index (χ0n) is 21.9. The fourth-order valence-corrected chi connectivity index (χ4v) is 5.22. The lowest BCUT2D eigenvalue weighted by Gasteiger charge is -2.35. The van der Waals surface area contributed by atoms with E-state index in [-0.39, 0.29) is 11.3 Å². The molecule has 0 unspecified atom stereocenters. The molecule has 4 rings (SSSR count). The highest BCUT2D eigenvalue weighted by molar-refractivity contribution is 6.42. The van der Waals surface area contributed by atoms with Crippen molar-refractivity contribution in [3.8, 4) is 22.6 Å². The third-order valence-electron chi connectivity index (χ3n) is 7.06. The van der Waals surface area contributed by atoms with Crippen LogP contribution >= 0.6 is 23.2 Å². The molecule has 1 fully saturated rings. The minimum atomic E-state index is -0.573. The Kier molecular flexibility index (Phi) is 9.03. The molecule has 0 atom stereocenters. The number of hydrogen-bond acceptors (Lipinski definition) is 5. The number of carbonyl (C=O) groups excluding carboxylic acids is 1. The minimum absolute atomic E-state index is 0.228. The molecule has 2 heterocycles. The normalized spacial score (nSPS) is 14.1. The number of unbranched alkanes of at least 4 members (excludes halogenated alkanes) is 1. The van der Waals surface area contributed by atoms with E-state index in [4.69, 9.17) is 27.9 Å². The molecule has 0 radical (unpaired) electrons. The zero-order chi connectivity index (χ0) is 27.4. The second-order valence-electron chi connectivity index (χ2n) is 9.60. The van der Waals surface area contributed by atoms with Gasteiger partial charge in [0.05, 0.1) is 17.2 Å². The van der Waals surface area contributed by atoms with Gasteiger partial charge in [-0.05, 0) is 54.7 Å². The van der Waals surface area contributed by atoms with Gasteiger partial charge in [-0.25, -0.2) is 0 Å². The molecule has 0 spiro atoms. The highest BCUT2D eigenvalue weighted by Gasteiger charge is 2.30. The first kappa shape index (κ1) is 28.0. The van der Waals surface area contributed by atoms with Crippen molar-refractivity contribution in [2.24, 2.45) is 0 Å². The van der Waals surface area contributed by atoms with Gasteiger partial charge < -0.3 is 19.7 Å². The van der Waals surface area contributed by atoms with Crippen LogP contribution in [-0.2, 0) is 13.0 Å². The number of aromatic nitrogens is 1. The van der Waals surface area contributed by atoms with Crippen molar-refractivity contribution in [2.75, 3.05) is 33.3 Å². The number of benzene rings is 2. The van der Waals surface area contributed by atoms with Gasteiger partial charge in [-0.1, -0.05) is 54.7 Å². The van der Waals surface area contributed by atoms with E-state index >= 15 is 0 Å². The summed E-state index contributed by atoms with van der Waals surface area (Å²) in [6.07, 6.45) is 2.33. The summed E-state index contributed by atoms with van der Waals surface area (Å²) < 4.78 is 5.41. The van der Waals surface area contributed by atoms with Crippen LogP contribution in [0, 0.1) is 6.92 Å². The largest absolute Gasteiger partial charge is 0.506 e. The van der Waals surface area contributed by atoms with Gasteiger partial charge in [0, 0.05) is 44.0 Å². The molecule has 0 bridgehead atoms. The molecule has 1 saturated heterocycles. The molecule has 3 aromatic rings. The Balaban J connectivity index is 1.62. The maximum atomic E-state index is 13.6. The number of rotatable bonds is 8. The number of halogens is 2. The van der Waals surface area contributed by atoms with Gasteiger partial charge >= 0.3 is 0 Å². The number of aromatic hydroxyl groups is 1. The van der Waals surface area contributed by atoms with E-state index in [0.29, 0.717) is 66.2 Å². The fraction of sp³-hybridized carbons (Fsp3) is 0.379. The lowest BCUT2D eigenvalue weighted by Crippen LogP contribution is -2.49. The van der Waals surface area contributed by atoms with Crippen LogP contribution in [0.25, 0.3) is 11.1 Å². The number of amides is 1. The smallest absolute Gasteiger partial charge is 0.264 e. The summed E-state index contributed by atoms with van der Waals surface area (Å²) in [7, 11) is 1.58. The summed E-state index contributed by atoms with van der Waals surface area (Å²) in [6.45, 7) is 6.64. The van der Waals surface area contributed by atoms with Gasteiger partial charge in [-0.15, -0.1) is 0 Å². The maximum absolute atomic E-state index is 13.6. The summed E-state index contributed by atoms with van der Waals surface area (Å²) in [5, 5.41) is 12.5. The second-order valence-corrected chi connectivity index (χ2v) is 10.4. The Labute approximate surface area is 232 Å². The summed E-state index contributed by atoms with van der Waals surface area (Å²) in [4.78, 5) is 33.5. The maximum Gasteiger partial charge on any atom is 0.264 e. The molecule has 1 aromatic heterocycles. The van der Waals surface area contributed by atoms with E-state index in [1.807, 2.05) is 37.3 Å². The molecule has 7 nitrogen and oxygen atoms in total. The first-order valence-corrected chi connectivity index (χ1v) is 13.6. The van der Waals surface area contributed by atoms with Crippen LogP contribution in [0.1, 0.15) is 46.9 Å². The van der Waals surface area contributed by atoms with E-state index in [0.717, 1.165) is 29.5 Å². The molecule has 1 amide bonds. The average Bonchev–Trinajstić information content (AvgIpc) is 2.91. The van der Waals surface area contributed by atoms with Gasteiger partial charge in [0.2, 0.25) is 0 Å². The van der Waals surface area contributed by atoms with Crippen molar-refractivity contribution < 1.29 is 14.6 Å². The average molecular weight is 559 g/mol. The van der Waals surface area contributed by atoms with Crippen molar-refractivity contribution in [1.82, 2.24) is 14.8 Å². The molecular formula is C29H33Cl2N3O4. The van der Waals surface area contributed by atoms with Crippen molar-refractivity contribution in [2.45, 2.75) is 39.7 Å². The molecule has 202 valence electrons. The SMILES string of the molecule is CCCCc1[nH]c(=O)c(C(=O)N2CCN(Cc3cccc(Cl)c3Cl)CC2)c(O)c1-c1cc(OC)ccc1C. The molecule has 38 heavy (non-hydrogen) atoms. The highest BCUT2D eigenvalue weighted by atomic mass is 35.5. The van der Waals surface area contributed by atoms with E-state index in [2.05, 4.69) is 16.8 Å². The predicted octanol–water partition coefficient (Wildman–Crippen LogP) is 5.67. The van der Waals surface area contributed by atoms with Crippen molar-refractivity contribution in [3.05, 3.63) is 79.2 Å². The Morgan fingerprint density at radius 2 is 1.87 bits per heavy atom. The van der Waals surface area contributed by atoms with E-state index in [1.165, 1.54) is 0 Å². The molecule has 0 saturated carbocycles. The standard InChI is InChI=1S/C29H33Cl2N3O4/c1-4-5-9-23-24(21-16-20(38-3)11-10-18(21)2)27(35)25(28(36)32-23)29(37)34-14-12-33(13-15-34)17-19-7-6-8-22(30)26(19)31/h6-8,10-11,16H,4-5,9,12-15,17H2,1-3H3,(H2,32,35,36). The van der Waals surface area contributed by atoms with Gasteiger partial charge in [-0.2, -0.15) is 0 Å². The number of ether oxygens (including phenoxy) is 1. The Bertz CT molecular complexity index is 1380. The number of nitrogens with zero attached hydrogens (tertiary/aromatic N) is 2. The minimum Gasteiger partial charge on any atom is -0.506 e. The highest BCUT2D eigenvalue weighted by Crippen LogP contribution is 2.38. The zero-order valence-corrected chi connectivity index (χ0v) is 23.5. The van der Waals surface area contributed by atoms with Gasteiger partial charge in [-0.3, -0.25) is 14.5 Å². The lowest BCUT2D eigenvalue weighted by atomic mass is 9.94. The fourth-order valence-electron chi connectivity index (χ4n) is 4.84. The van der Waals surface area contributed by atoms with Crippen LogP contribution in [0.15, 0.2) is 41.2 Å². The first-order valence-electron chi connectivity index (χ1n) is 12.8. The Morgan fingerprint density at radius 3 is 2.55 bits per heavy atom.